The molecule has 0 amide bonds. The van der Waals surface area contributed by atoms with E-state index in [2.05, 4.69) is 36.2 Å². The summed E-state index contributed by atoms with van der Waals surface area (Å²) in [7, 11) is 0. The smallest absolute Gasteiger partial charge is 0.142 e. The number of fused-ring (bicyclic) bond motifs is 1. The van der Waals surface area contributed by atoms with Gasteiger partial charge in [0, 0.05) is 5.39 Å². The van der Waals surface area contributed by atoms with E-state index in [1.54, 1.807) is 0 Å². The molecule has 0 saturated carbocycles. The quantitative estimate of drug-likeness (QED) is 0.613. The molecule has 18 heavy (non-hydrogen) atoms. The van der Waals surface area contributed by atoms with Crippen LogP contribution < -0.4 is 0 Å². The van der Waals surface area contributed by atoms with Gasteiger partial charge >= 0.3 is 0 Å². The highest BCUT2D eigenvalue weighted by atomic mass is 19.1. The predicted octanol–water partition coefficient (Wildman–Crippen LogP) is 4.35. The number of hydrogen-bond acceptors (Lipinski definition) is 1. The molecule has 0 saturated heterocycles. The summed E-state index contributed by atoms with van der Waals surface area (Å²) in [5.41, 5.74) is 4.25. The van der Waals surface area contributed by atoms with Crippen LogP contribution in [0.2, 0.25) is 0 Å². The number of rotatable bonds is 1. The molecule has 2 aromatic carbocycles. The van der Waals surface area contributed by atoms with Crippen LogP contribution in [0.1, 0.15) is 5.56 Å². The average molecular weight is 237 g/mol. The fourth-order valence-corrected chi connectivity index (χ4v) is 2.03. The van der Waals surface area contributed by atoms with Crippen molar-refractivity contribution in [1.29, 1.82) is 0 Å². The first-order valence-electron chi connectivity index (χ1n) is 5.85. The van der Waals surface area contributed by atoms with E-state index in [9.17, 15) is 4.39 Å². The van der Waals surface area contributed by atoms with E-state index < -0.39 is 0 Å². The molecule has 0 N–H and O–H groups in total. The molecule has 1 aromatic heterocycles. The molecule has 2 heteroatoms. The summed E-state index contributed by atoms with van der Waals surface area (Å²) < 4.78 is 13.2. The maximum Gasteiger partial charge on any atom is 0.142 e. The van der Waals surface area contributed by atoms with E-state index in [0.29, 0.717) is 0 Å². The number of nitrogens with zero attached hydrogens (tertiary/aromatic N) is 1. The minimum atomic E-state index is -0.302. The molecule has 0 fully saturated rings. The Morgan fingerprint density at radius 2 is 1.61 bits per heavy atom. The van der Waals surface area contributed by atoms with Gasteiger partial charge in [0.05, 0.1) is 11.7 Å². The van der Waals surface area contributed by atoms with Crippen molar-refractivity contribution in [2.75, 3.05) is 0 Å². The van der Waals surface area contributed by atoms with Gasteiger partial charge in [-0.15, -0.1) is 0 Å². The molecule has 0 bridgehead atoms. The van der Waals surface area contributed by atoms with Crippen LogP contribution in [0, 0.1) is 12.7 Å². The summed E-state index contributed by atoms with van der Waals surface area (Å²) in [6, 6.07) is 15.7. The zero-order valence-corrected chi connectivity index (χ0v) is 10.0. The standard InChI is InChI=1S/C16H12FN/c1-11-2-4-12(5-3-11)13-6-7-16-14(8-13)9-15(17)10-18-16/h2-10H,1H3. The first-order chi connectivity index (χ1) is 8.72. The van der Waals surface area contributed by atoms with Gasteiger partial charge in [-0.05, 0) is 36.2 Å². The molecule has 0 radical (unpaired) electrons. The van der Waals surface area contributed by atoms with Crippen LogP contribution in [-0.2, 0) is 0 Å². The monoisotopic (exact) mass is 237 g/mol. The summed E-state index contributed by atoms with van der Waals surface area (Å²) in [5.74, 6) is -0.302. The Labute approximate surface area is 105 Å². The SMILES string of the molecule is Cc1ccc(-c2ccc3ncc(F)cc3c2)cc1. The highest BCUT2D eigenvalue weighted by molar-refractivity contribution is 5.84. The highest BCUT2D eigenvalue weighted by Crippen LogP contribution is 2.24. The maximum atomic E-state index is 13.2. The van der Waals surface area contributed by atoms with Gasteiger partial charge in [0.15, 0.2) is 0 Å². The van der Waals surface area contributed by atoms with Crippen LogP contribution in [0.25, 0.3) is 22.0 Å². The summed E-state index contributed by atoms with van der Waals surface area (Å²) in [6.45, 7) is 2.06. The van der Waals surface area contributed by atoms with Crippen molar-refractivity contribution in [3.63, 3.8) is 0 Å². The van der Waals surface area contributed by atoms with E-state index in [4.69, 9.17) is 0 Å². The number of aryl methyl sites for hydroxylation is 1. The number of hydrogen-bond donors (Lipinski definition) is 0. The predicted molar refractivity (Wildman–Crippen MR) is 71.9 cm³/mol. The van der Waals surface area contributed by atoms with Crippen LogP contribution in [0.5, 0.6) is 0 Å². The molecule has 0 atom stereocenters. The third-order valence-electron chi connectivity index (χ3n) is 3.03. The molecule has 0 aliphatic heterocycles. The normalized spacial score (nSPS) is 10.8. The van der Waals surface area contributed by atoms with Gasteiger partial charge in [-0.2, -0.15) is 0 Å². The van der Waals surface area contributed by atoms with Gasteiger partial charge in [0.1, 0.15) is 5.82 Å². The molecule has 1 heterocycles. The van der Waals surface area contributed by atoms with Crippen LogP contribution in [-0.4, -0.2) is 4.98 Å². The second kappa shape index (κ2) is 4.22. The summed E-state index contributed by atoms with van der Waals surface area (Å²) >= 11 is 0. The van der Waals surface area contributed by atoms with Gasteiger partial charge in [-0.3, -0.25) is 4.98 Å². The number of aromatic nitrogens is 1. The molecule has 3 aromatic rings. The van der Waals surface area contributed by atoms with Crippen molar-refractivity contribution in [3.05, 3.63) is 66.1 Å². The van der Waals surface area contributed by atoms with E-state index >= 15 is 0 Å². The fourth-order valence-electron chi connectivity index (χ4n) is 2.03. The topological polar surface area (TPSA) is 12.9 Å². The van der Waals surface area contributed by atoms with Crippen molar-refractivity contribution < 1.29 is 4.39 Å². The van der Waals surface area contributed by atoms with Gasteiger partial charge in [0.25, 0.3) is 0 Å². The van der Waals surface area contributed by atoms with Crippen LogP contribution in [0.15, 0.2) is 54.7 Å². The largest absolute Gasteiger partial charge is 0.253 e. The lowest BCUT2D eigenvalue weighted by molar-refractivity contribution is 0.624. The maximum absolute atomic E-state index is 13.2. The molecule has 1 nitrogen and oxygen atoms in total. The lowest BCUT2D eigenvalue weighted by Gasteiger charge is -2.04. The Kier molecular flexibility index (Phi) is 2.56. The minimum absolute atomic E-state index is 0.302. The Balaban J connectivity index is 2.15. The van der Waals surface area contributed by atoms with Crippen LogP contribution in [0.4, 0.5) is 4.39 Å². The number of benzene rings is 2. The van der Waals surface area contributed by atoms with Crippen molar-refractivity contribution in [2.24, 2.45) is 0 Å². The fraction of sp³-hybridized carbons (Fsp3) is 0.0625. The zero-order chi connectivity index (χ0) is 12.5. The molecule has 0 unspecified atom stereocenters. The Morgan fingerprint density at radius 3 is 2.39 bits per heavy atom. The molecule has 0 aliphatic carbocycles. The lowest BCUT2D eigenvalue weighted by Crippen LogP contribution is -1.84. The summed E-state index contributed by atoms with van der Waals surface area (Å²) in [6.07, 6.45) is 1.24. The van der Waals surface area contributed by atoms with E-state index in [-0.39, 0.29) is 5.82 Å². The Bertz CT molecular complexity index is 702. The van der Waals surface area contributed by atoms with Crippen LogP contribution >= 0.6 is 0 Å². The van der Waals surface area contributed by atoms with Gasteiger partial charge in [-0.1, -0.05) is 35.9 Å². The number of halogens is 1. The second-order valence-corrected chi connectivity index (χ2v) is 4.43. The molecule has 88 valence electrons. The third kappa shape index (κ3) is 1.97. The van der Waals surface area contributed by atoms with Crippen molar-refractivity contribution in [2.45, 2.75) is 6.92 Å². The van der Waals surface area contributed by atoms with Gasteiger partial charge < -0.3 is 0 Å². The highest BCUT2D eigenvalue weighted by Gasteiger charge is 2.01. The zero-order valence-electron chi connectivity index (χ0n) is 10.0. The van der Waals surface area contributed by atoms with E-state index in [0.717, 1.165) is 22.0 Å². The lowest BCUT2D eigenvalue weighted by atomic mass is 10.0. The van der Waals surface area contributed by atoms with E-state index in [1.165, 1.54) is 17.8 Å². The minimum Gasteiger partial charge on any atom is -0.253 e. The summed E-state index contributed by atoms with van der Waals surface area (Å²) in [5, 5.41) is 0.827. The Morgan fingerprint density at radius 1 is 0.889 bits per heavy atom. The molecule has 0 spiro atoms. The first kappa shape index (κ1) is 10.9. The average Bonchev–Trinajstić information content (AvgIpc) is 2.38. The second-order valence-electron chi connectivity index (χ2n) is 4.43. The van der Waals surface area contributed by atoms with Crippen LogP contribution in [0.3, 0.4) is 0 Å². The van der Waals surface area contributed by atoms with Gasteiger partial charge in [-0.25, -0.2) is 4.39 Å². The molecule has 3 rings (SSSR count). The summed E-state index contributed by atoms with van der Waals surface area (Å²) in [4.78, 5) is 4.05. The van der Waals surface area contributed by atoms with Crippen molar-refractivity contribution >= 4 is 10.9 Å². The van der Waals surface area contributed by atoms with E-state index in [1.807, 2.05) is 18.2 Å². The molecular formula is C16H12FN. The first-order valence-corrected chi connectivity index (χ1v) is 5.85. The van der Waals surface area contributed by atoms with Crippen molar-refractivity contribution in [3.8, 4) is 11.1 Å². The third-order valence-corrected chi connectivity index (χ3v) is 3.03. The Hall–Kier alpha value is -2.22. The molecular weight excluding hydrogens is 225 g/mol. The number of pyridine rings is 1. The van der Waals surface area contributed by atoms with Gasteiger partial charge in [0.2, 0.25) is 0 Å². The van der Waals surface area contributed by atoms with Crippen molar-refractivity contribution in [1.82, 2.24) is 4.98 Å². The molecule has 0 aliphatic rings.